The van der Waals surface area contributed by atoms with Gasteiger partial charge in [-0.15, -0.1) is 0 Å². The molecule has 0 bridgehead atoms. The van der Waals surface area contributed by atoms with Gasteiger partial charge in [-0.2, -0.15) is 0 Å². The van der Waals surface area contributed by atoms with Gasteiger partial charge in [-0.25, -0.2) is 9.97 Å². The lowest BCUT2D eigenvalue weighted by molar-refractivity contribution is 0.335. The van der Waals surface area contributed by atoms with Crippen molar-refractivity contribution in [2.45, 2.75) is 46.1 Å². The molecule has 0 amide bonds. The summed E-state index contributed by atoms with van der Waals surface area (Å²) >= 11 is 0. The van der Waals surface area contributed by atoms with E-state index in [0.717, 1.165) is 30.8 Å². The summed E-state index contributed by atoms with van der Waals surface area (Å²) in [4.78, 5) is 9.45. The summed E-state index contributed by atoms with van der Waals surface area (Å²) in [5, 5.41) is 3.50. The summed E-state index contributed by atoms with van der Waals surface area (Å²) in [5.74, 6) is 2.30. The number of hydrogen-bond donors (Lipinski definition) is 1. The molecule has 1 atom stereocenters. The highest BCUT2D eigenvalue weighted by Crippen LogP contribution is 2.24. The Labute approximate surface area is 120 Å². The first kappa shape index (κ1) is 13.6. The largest absolute Gasteiger partial charge is 0.316 e. The van der Waals surface area contributed by atoms with Gasteiger partial charge in [0.15, 0.2) is 5.65 Å². The minimum atomic E-state index is 0.432. The quantitative estimate of drug-likeness (QED) is 0.934. The molecule has 1 saturated heterocycles. The van der Waals surface area contributed by atoms with Gasteiger partial charge in [0.1, 0.15) is 11.3 Å². The third-order valence-corrected chi connectivity index (χ3v) is 4.11. The minimum absolute atomic E-state index is 0.432. The molecule has 1 N–H and O–H groups in total. The van der Waals surface area contributed by atoms with Gasteiger partial charge in [0.05, 0.1) is 0 Å². The summed E-state index contributed by atoms with van der Waals surface area (Å²) in [6.45, 7) is 9.81. The fourth-order valence-corrected chi connectivity index (χ4v) is 3.09. The first-order chi connectivity index (χ1) is 9.65. The highest BCUT2D eigenvalue weighted by atomic mass is 15.1. The van der Waals surface area contributed by atoms with Crippen molar-refractivity contribution in [1.29, 1.82) is 0 Å². The number of nitrogens with zero attached hydrogens (tertiary/aromatic N) is 3. The van der Waals surface area contributed by atoms with Gasteiger partial charge >= 0.3 is 0 Å². The third-order valence-electron chi connectivity index (χ3n) is 4.11. The first-order valence-electron chi connectivity index (χ1n) is 7.68. The van der Waals surface area contributed by atoms with Crippen molar-refractivity contribution in [3.05, 3.63) is 23.7 Å². The molecule has 1 fully saturated rings. The number of aryl methyl sites for hydroxylation is 1. The number of imidazole rings is 1. The molecule has 2 aromatic heterocycles. The van der Waals surface area contributed by atoms with E-state index >= 15 is 0 Å². The highest BCUT2D eigenvalue weighted by Gasteiger charge is 2.20. The molecule has 0 spiro atoms. The normalized spacial score (nSPS) is 19.9. The second kappa shape index (κ2) is 5.52. The maximum absolute atomic E-state index is 4.82. The summed E-state index contributed by atoms with van der Waals surface area (Å²) in [5.41, 5.74) is 3.26. The monoisotopic (exact) mass is 272 g/mol. The van der Waals surface area contributed by atoms with Crippen LogP contribution in [0.25, 0.3) is 11.2 Å². The smallest absolute Gasteiger partial charge is 0.160 e. The molecule has 0 saturated carbocycles. The summed E-state index contributed by atoms with van der Waals surface area (Å²) in [6.07, 6.45) is 4.53. The van der Waals surface area contributed by atoms with Gasteiger partial charge < -0.3 is 9.88 Å². The number of hydrogen-bond acceptors (Lipinski definition) is 3. The van der Waals surface area contributed by atoms with E-state index in [1.165, 1.54) is 24.2 Å². The van der Waals surface area contributed by atoms with E-state index in [2.05, 4.69) is 41.7 Å². The Hall–Kier alpha value is -1.42. The predicted molar refractivity (Wildman–Crippen MR) is 81.9 cm³/mol. The standard InChI is InChI=1S/C16H24N4/c1-11(2)15-19-14-7-12(3)8-18-16(14)20(15)10-13-5-4-6-17-9-13/h7-8,11,13,17H,4-6,9-10H2,1-3H3. The Morgan fingerprint density at radius 3 is 3.00 bits per heavy atom. The SMILES string of the molecule is Cc1cnc2c(c1)nc(C(C)C)n2CC1CCCNC1. The molecule has 1 aliphatic rings. The second-order valence-electron chi connectivity index (χ2n) is 6.30. The fraction of sp³-hybridized carbons (Fsp3) is 0.625. The number of aromatic nitrogens is 3. The number of fused-ring (bicyclic) bond motifs is 1. The molecule has 3 heterocycles. The first-order valence-corrected chi connectivity index (χ1v) is 7.68. The van der Waals surface area contributed by atoms with Crippen molar-refractivity contribution in [1.82, 2.24) is 19.9 Å². The zero-order valence-corrected chi connectivity index (χ0v) is 12.7. The van der Waals surface area contributed by atoms with Crippen molar-refractivity contribution in [2.75, 3.05) is 13.1 Å². The van der Waals surface area contributed by atoms with Crippen LogP contribution >= 0.6 is 0 Å². The summed E-state index contributed by atoms with van der Waals surface area (Å²) in [7, 11) is 0. The van der Waals surface area contributed by atoms with Crippen LogP contribution in [0.3, 0.4) is 0 Å². The van der Waals surface area contributed by atoms with Crippen LogP contribution in [0.2, 0.25) is 0 Å². The Bertz CT molecular complexity index is 594. The van der Waals surface area contributed by atoms with Crippen LogP contribution in [0.5, 0.6) is 0 Å². The molecule has 20 heavy (non-hydrogen) atoms. The maximum atomic E-state index is 4.82. The van der Waals surface area contributed by atoms with Crippen LogP contribution in [0, 0.1) is 12.8 Å². The molecule has 4 heteroatoms. The van der Waals surface area contributed by atoms with Crippen molar-refractivity contribution in [3.63, 3.8) is 0 Å². The van der Waals surface area contributed by atoms with Crippen molar-refractivity contribution in [3.8, 4) is 0 Å². The summed E-state index contributed by atoms with van der Waals surface area (Å²) in [6, 6.07) is 2.14. The number of pyridine rings is 1. The zero-order chi connectivity index (χ0) is 14.1. The molecule has 0 aliphatic carbocycles. The Morgan fingerprint density at radius 2 is 2.30 bits per heavy atom. The zero-order valence-electron chi connectivity index (χ0n) is 12.7. The molecular formula is C16H24N4. The molecule has 0 aromatic carbocycles. The lowest BCUT2D eigenvalue weighted by atomic mass is 9.99. The molecular weight excluding hydrogens is 248 g/mol. The maximum Gasteiger partial charge on any atom is 0.160 e. The van der Waals surface area contributed by atoms with E-state index in [0.29, 0.717) is 11.8 Å². The Balaban J connectivity index is 1.99. The van der Waals surface area contributed by atoms with Gasteiger partial charge in [0.25, 0.3) is 0 Å². The van der Waals surface area contributed by atoms with Gasteiger partial charge in [-0.1, -0.05) is 13.8 Å². The highest BCUT2D eigenvalue weighted by molar-refractivity contribution is 5.72. The minimum Gasteiger partial charge on any atom is -0.316 e. The lowest BCUT2D eigenvalue weighted by Crippen LogP contribution is -2.32. The molecule has 108 valence electrons. The molecule has 3 rings (SSSR count). The van der Waals surface area contributed by atoms with Crippen LogP contribution in [0.4, 0.5) is 0 Å². The van der Waals surface area contributed by atoms with Crippen LogP contribution in [-0.4, -0.2) is 27.6 Å². The Morgan fingerprint density at radius 1 is 1.45 bits per heavy atom. The van der Waals surface area contributed by atoms with Crippen LogP contribution in [-0.2, 0) is 6.54 Å². The molecule has 1 aliphatic heterocycles. The lowest BCUT2D eigenvalue weighted by Gasteiger charge is -2.24. The van der Waals surface area contributed by atoms with Crippen molar-refractivity contribution in [2.24, 2.45) is 5.92 Å². The van der Waals surface area contributed by atoms with Crippen LogP contribution in [0.15, 0.2) is 12.3 Å². The van der Waals surface area contributed by atoms with Gasteiger partial charge in [0, 0.05) is 18.7 Å². The number of nitrogens with one attached hydrogen (secondary N) is 1. The van der Waals surface area contributed by atoms with E-state index in [1.54, 1.807) is 0 Å². The summed E-state index contributed by atoms with van der Waals surface area (Å²) < 4.78 is 2.34. The second-order valence-corrected chi connectivity index (χ2v) is 6.30. The van der Waals surface area contributed by atoms with E-state index in [9.17, 15) is 0 Å². The van der Waals surface area contributed by atoms with E-state index < -0.39 is 0 Å². The molecule has 1 unspecified atom stereocenters. The van der Waals surface area contributed by atoms with Crippen molar-refractivity contribution < 1.29 is 0 Å². The van der Waals surface area contributed by atoms with E-state index in [-0.39, 0.29) is 0 Å². The van der Waals surface area contributed by atoms with Gasteiger partial charge in [-0.3, -0.25) is 0 Å². The fourth-order valence-electron chi connectivity index (χ4n) is 3.09. The van der Waals surface area contributed by atoms with E-state index in [4.69, 9.17) is 4.98 Å². The predicted octanol–water partition coefficient (Wildman–Crippen LogP) is 2.86. The van der Waals surface area contributed by atoms with Crippen molar-refractivity contribution >= 4 is 11.2 Å². The van der Waals surface area contributed by atoms with E-state index in [1.807, 2.05) is 6.20 Å². The molecule has 2 aromatic rings. The molecule has 0 radical (unpaired) electrons. The molecule has 4 nitrogen and oxygen atoms in total. The number of rotatable bonds is 3. The van der Waals surface area contributed by atoms with Gasteiger partial charge in [0.2, 0.25) is 0 Å². The topological polar surface area (TPSA) is 42.7 Å². The third kappa shape index (κ3) is 2.57. The van der Waals surface area contributed by atoms with Crippen LogP contribution in [0.1, 0.15) is 44.0 Å². The number of piperidine rings is 1. The Kier molecular flexibility index (Phi) is 3.74. The average molecular weight is 272 g/mol. The average Bonchev–Trinajstić information content (AvgIpc) is 2.78. The van der Waals surface area contributed by atoms with Gasteiger partial charge in [-0.05, 0) is 50.4 Å². The van der Waals surface area contributed by atoms with Crippen LogP contribution < -0.4 is 5.32 Å².